The monoisotopic (exact) mass is 496 g/mol. The van der Waals surface area contributed by atoms with Crippen LogP contribution in [0.15, 0.2) is 71.2 Å². The summed E-state index contributed by atoms with van der Waals surface area (Å²) in [6.45, 7) is 0.522. The van der Waals surface area contributed by atoms with Crippen LogP contribution in [0.2, 0.25) is 0 Å². The lowest BCUT2D eigenvalue weighted by molar-refractivity contribution is -0.119. The highest BCUT2D eigenvalue weighted by atomic mass is 79.9. The van der Waals surface area contributed by atoms with Crippen LogP contribution in [-0.2, 0) is 24.2 Å². The molecule has 0 aromatic heterocycles. The van der Waals surface area contributed by atoms with Gasteiger partial charge >= 0.3 is 0 Å². The summed E-state index contributed by atoms with van der Waals surface area (Å²) < 4.78 is 11.9. The molecule has 0 aliphatic carbocycles. The second kappa shape index (κ2) is 12.3. The molecule has 3 rings (SSSR count). The maximum Gasteiger partial charge on any atom is 0.160 e. The fourth-order valence-corrected chi connectivity index (χ4v) is 4.03. The molecular formula is C27H29BrO4. The smallest absolute Gasteiger partial charge is 0.160 e. The molecule has 1 N–H and O–H groups in total. The highest BCUT2D eigenvalue weighted by Crippen LogP contribution is 2.28. The molecule has 4 nitrogen and oxygen atoms in total. The fourth-order valence-electron chi connectivity index (χ4n) is 3.49. The summed E-state index contributed by atoms with van der Waals surface area (Å²) in [6.07, 6.45) is 4.52. The van der Waals surface area contributed by atoms with Crippen LogP contribution in [0.4, 0.5) is 0 Å². The van der Waals surface area contributed by atoms with E-state index in [4.69, 9.17) is 9.47 Å². The molecule has 0 heterocycles. The number of unbranched alkanes of at least 4 members (excludes halogenated alkanes) is 1. The van der Waals surface area contributed by atoms with Gasteiger partial charge in [0.25, 0.3) is 0 Å². The van der Waals surface area contributed by atoms with Crippen molar-refractivity contribution in [3.63, 3.8) is 0 Å². The van der Waals surface area contributed by atoms with Crippen molar-refractivity contribution in [3.05, 3.63) is 87.9 Å². The topological polar surface area (TPSA) is 55.8 Å². The first-order valence-corrected chi connectivity index (χ1v) is 11.7. The average molecular weight is 497 g/mol. The third kappa shape index (κ3) is 7.41. The first kappa shape index (κ1) is 23.9. The number of hydrogen-bond acceptors (Lipinski definition) is 4. The van der Waals surface area contributed by atoms with Gasteiger partial charge in [-0.05, 0) is 82.6 Å². The number of carbonyl (C=O) groups is 1. The molecule has 0 saturated heterocycles. The predicted molar refractivity (Wildman–Crippen MR) is 130 cm³/mol. The normalized spacial score (nSPS) is 10.7. The van der Waals surface area contributed by atoms with Gasteiger partial charge in [0.1, 0.15) is 18.1 Å². The summed E-state index contributed by atoms with van der Waals surface area (Å²) in [6, 6.07) is 21.5. The summed E-state index contributed by atoms with van der Waals surface area (Å²) in [5.74, 6) is 1.72. The van der Waals surface area contributed by atoms with Crippen molar-refractivity contribution in [2.24, 2.45) is 0 Å². The van der Waals surface area contributed by atoms with Gasteiger partial charge in [0, 0.05) is 12.8 Å². The van der Waals surface area contributed by atoms with Crippen LogP contribution >= 0.6 is 15.9 Å². The standard InChI is InChI=1S/C27H29BrO4/c1-31-27-18-20(12-15-25(27)30)7-5-6-10-23(29)14-11-21-13-16-26(24(28)17-21)32-19-22-8-3-2-4-9-22/h2-4,8-9,12-13,15-18,30H,5-7,10-11,14,19H2,1H3. The molecule has 0 atom stereocenters. The number of methoxy groups -OCH3 is 1. The Kier molecular flexibility index (Phi) is 9.17. The average Bonchev–Trinajstić information content (AvgIpc) is 2.81. The Morgan fingerprint density at radius 1 is 0.844 bits per heavy atom. The molecule has 0 spiro atoms. The minimum atomic E-state index is 0.147. The fraction of sp³-hybridized carbons (Fsp3) is 0.296. The third-order valence-electron chi connectivity index (χ3n) is 5.34. The van der Waals surface area contributed by atoms with Crippen molar-refractivity contribution in [2.75, 3.05) is 7.11 Å². The Balaban J connectivity index is 1.37. The second-order valence-electron chi connectivity index (χ2n) is 7.79. The van der Waals surface area contributed by atoms with Gasteiger partial charge in [-0.25, -0.2) is 0 Å². The molecule has 32 heavy (non-hydrogen) atoms. The Morgan fingerprint density at radius 3 is 2.34 bits per heavy atom. The van der Waals surface area contributed by atoms with Gasteiger partial charge in [-0.3, -0.25) is 4.79 Å². The number of halogens is 1. The van der Waals surface area contributed by atoms with Crippen LogP contribution in [-0.4, -0.2) is 18.0 Å². The molecule has 0 unspecified atom stereocenters. The largest absolute Gasteiger partial charge is 0.504 e. The van der Waals surface area contributed by atoms with E-state index in [1.54, 1.807) is 13.2 Å². The lowest BCUT2D eigenvalue weighted by atomic mass is 10.0. The Labute approximate surface area is 198 Å². The zero-order chi connectivity index (χ0) is 22.8. The number of ketones is 1. The molecule has 168 valence electrons. The number of carbonyl (C=O) groups excluding carboxylic acids is 1. The summed E-state index contributed by atoms with van der Waals surface area (Å²) in [5.41, 5.74) is 3.35. The number of rotatable bonds is 12. The molecule has 0 radical (unpaired) electrons. The predicted octanol–water partition coefficient (Wildman–Crippen LogP) is 6.66. The van der Waals surface area contributed by atoms with Crippen LogP contribution in [0.25, 0.3) is 0 Å². The Hall–Kier alpha value is -2.79. The number of phenolic OH excluding ortho intramolecular Hbond substituents is 1. The quantitative estimate of drug-likeness (QED) is 0.285. The summed E-state index contributed by atoms with van der Waals surface area (Å²) >= 11 is 3.58. The Bertz CT molecular complexity index is 1020. The molecular weight excluding hydrogens is 468 g/mol. The molecule has 0 fully saturated rings. The van der Waals surface area contributed by atoms with E-state index in [9.17, 15) is 9.90 Å². The van der Waals surface area contributed by atoms with Gasteiger partial charge in [0.2, 0.25) is 0 Å². The number of aryl methyl sites for hydroxylation is 2. The van der Waals surface area contributed by atoms with Crippen molar-refractivity contribution in [3.8, 4) is 17.2 Å². The van der Waals surface area contributed by atoms with Gasteiger partial charge in [-0.1, -0.05) is 42.5 Å². The van der Waals surface area contributed by atoms with E-state index in [-0.39, 0.29) is 11.5 Å². The van der Waals surface area contributed by atoms with E-state index in [1.807, 2.05) is 60.7 Å². The van der Waals surface area contributed by atoms with Crippen LogP contribution in [0, 0.1) is 0 Å². The second-order valence-corrected chi connectivity index (χ2v) is 8.65. The van der Waals surface area contributed by atoms with Crippen LogP contribution < -0.4 is 9.47 Å². The molecule has 5 heteroatoms. The van der Waals surface area contributed by atoms with Gasteiger partial charge in [-0.2, -0.15) is 0 Å². The number of Topliss-reactive ketones (excluding diaryl/α,β-unsaturated/α-hetero) is 1. The lowest BCUT2D eigenvalue weighted by Gasteiger charge is -2.10. The minimum Gasteiger partial charge on any atom is -0.504 e. The van der Waals surface area contributed by atoms with Crippen LogP contribution in [0.1, 0.15) is 42.4 Å². The molecule has 3 aromatic carbocycles. The third-order valence-corrected chi connectivity index (χ3v) is 5.96. The molecule has 0 amide bonds. The molecule has 0 aliphatic heterocycles. The summed E-state index contributed by atoms with van der Waals surface area (Å²) in [4.78, 5) is 12.3. The van der Waals surface area contributed by atoms with Crippen molar-refractivity contribution in [1.29, 1.82) is 0 Å². The minimum absolute atomic E-state index is 0.147. The van der Waals surface area contributed by atoms with Crippen molar-refractivity contribution < 1.29 is 19.4 Å². The zero-order valence-corrected chi connectivity index (χ0v) is 19.9. The van der Waals surface area contributed by atoms with E-state index in [0.29, 0.717) is 25.2 Å². The first-order valence-electron chi connectivity index (χ1n) is 10.9. The zero-order valence-electron chi connectivity index (χ0n) is 18.4. The van der Waals surface area contributed by atoms with Crippen molar-refractivity contribution in [1.82, 2.24) is 0 Å². The maximum atomic E-state index is 12.3. The van der Waals surface area contributed by atoms with Gasteiger partial charge in [0.15, 0.2) is 11.5 Å². The summed E-state index contributed by atoms with van der Waals surface area (Å²) in [7, 11) is 1.54. The Morgan fingerprint density at radius 2 is 1.59 bits per heavy atom. The van der Waals surface area contributed by atoms with E-state index < -0.39 is 0 Å². The van der Waals surface area contributed by atoms with Gasteiger partial charge in [-0.15, -0.1) is 0 Å². The number of ether oxygens (including phenoxy) is 2. The van der Waals surface area contributed by atoms with E-state index in [1.165, 1.54) is 0 Å². The summed E-state index contributed by atoms with van der Waals surface area (Å²) in [5, 5.41) is 9.66. The number of phenols is 1. The number of aromatic hydroxyl groups is 1. The molecule has 3 aromatic rings. The maximum absolute atomic E-state index is 12.3. The highest BCUT2D eigenvalue weighted by molar-refractivity contribution is 9.10. The van der Waals surface area contributed by atoms with E-state index in [2.05, 4.69) is 15.9 Å². The number of benzene rings is 3. The molecule has 0 bridgehead atoms. The first-order chi connectivity index (χ1) is 15.5. The SMILES string of the molecule is COc1cc(CCCCC(=O)CCc2ccc(OCc3ccccc3)c(Br)c2)ccc1O. The van der Waals surface area contributed by atoms with Gasteiger partial charge in [0.05, 0.1) is 11.6 Å². The van der Waals surface area contributed by atoms with Crippen molar-refractivity contribution >= 4 is 21.7 Å². The van der Waals surface area contributed by atoms with E-state index >= 15 is 0 Å². The van der Waals surface area contributed by atoms with Crippen molar-refractivity contribution in [2.45, 2.75) is 45.1 Å². The van der Waals surface area contributed by atoms with Crippen LogP contribution in [0.3, 0.4) is 0 Å². The van der Waals surface area contributed by atoms with Crippen LogP contribution in [0.5, 0.6) is 17.2 Å². The molecule has 0 aliphatic rings. The van der Waals surface area contributed by atoms with Gasteiger partial charge < -0.3 is 14.6 Å². The lowest BCUT2D eigenvalue weighted by Crippen LogP contribution is -2.01. The highest BCUT2D eigenvalue weighted by Gasteiger charge is 2.08. The molecule has 0 saturated carbocycles. The van der Waals surface area contributed by atoms with E-state index in [0.717, 1.165) is 52.6 Å². The number of hydrogen-bond donors (Lipinski definition) is 1.